The van der Waals surface area contributed by atoms with E-state index in [-0.39, 0.29) is 41.1 Å². The van der Waals surface area contributed by atoms with Crippen LogP contribution in [0, 0.1) is 5.82 Å². The van der Waals surface area contributed by atoms with Crippen molar-refractivity contribution in [1.82, 2.24) is 4.90 Å². The summed E-state index contributed by atoms with van der Waals surface area (Å²) < 4.78 is 48.4. The molecule has 4 nitrogen and oxygen atoms in total. The molecule has 2 aromatic carbocycles. The van der Waals surface area contributed by atoms with Crippen LogP contribution in [0.1, 0.15) is 18.1 Å². The van der Waals surface area contributed by atoms with Crippen LogP contribution in [0.5, 0.6) is 11.5 Å². The molecule has 0 aliphatic carbocycles. The minimum Gasteiger partial charge on any atom is -0.490 e. The van der Waals surface area contributed by atoms with Crippen LogP contribution < -0.4 is 9.47 Å². The Labute approximate surface area is 166 Å². The van der Waals surface area contributed by atoms with Crippen LogP contribution in [0.3, 0.4) is 0 Å². The van der Waals surface area contributed by atoms with Gasteiger partial charge in [-0.3, -0.25) is 4.79 Å². The number of benzene rings is 2. The van der Waals surface area contributed by atoms with Gasteiger partial charge in [0.15, 0.2) is 11.5 Å². The summed E-state index contributed by atoms with van der Waals surface area (Å²) in [6.45, 7) is -1.00. The molecule has 1 amide bonds. The van der Waals surface area contributed by atoms with E-state index in [0.29, 0.717) is 5.56 Å². The van der Waals surface area contributed by atoms with Crippen molar-refractivity contribution in [3.05, 3.63) is 64.4 Å². The topological polar surface area (TPSA) is 38.8 Å². The number of carbonyl (C=O) groups is 1. The van der Waals surface area contributed by atoms with Gasteiger partial charge in [0.05, 0.1) is 6.61 Å². The summed E-state index contributed by atoms with van der Waals surface area (Å²) in [7, 11) is 1.51. The molecule has 0 aliphatic rings. The van der Waals surface area contributed by atoms with E-state index >= 15 is 0 Å². The second-order valence-electron chi connectivity index (χ2n) is 5.75. The van der Waals surface area contributed by atoms with Crippen LogP contribution in [0.25, 0.3) is 6.08 Å². The van der Waals surface area contributed by atoms with Gasteiger partial charge in [0, 0.05) is 30.3 Å². The highest BCUT2D eigenvalue weighted by Crippen LogP contribution is 2.30. The Morgan fingerprint density at radius 1 is 1.25 bits per heavy atom. The van der Waals surface area contributed by atoms with Crippen molar-refractivity contribution >= 4 is 23.6 Å². The number of hydrogen-bond acceptors (Lipinski definition) is 3. The molecule has 0 fully saturated rings. The van der Waals surface area contributed by atoms with Gasteiger partial charge in [-0.05, 0) is 42.8 Å². The van der Waals surface area contributed by atoms with Gasteiger partial charge in [0.25, 0.3) is 0 Å². The molecule has 0 N–H and O–H groups in total. The van der Waals surface area contributed by atoms with Crippen LogP contribution in [-0.2, 0) is 11.3 Å². The van der Waals surface area contributed by atoms with Gasteiger partial charge in [-0.15, -0.1) is 0 Å². The summed E-state index contributed by atoms with van der Waals surface area (Å²) in [6.07, 6.45) is 2.78. The molecule has 0 atom stereocenters. The molecule has 0 saturated heterocycles. The molecule has 0 bridgehead atoms. The maximum Gasteiger partial charge on any atom is 0.387 e. The fourth-order valence-corrected chi connectivity index (χ4v) is 2.61. The van der Waals surface area contributed by atoms with Crippen molar-refractivity contribution in [2.75, 3.05) is 13.7 Å². The summed E-state index contributed by atoms with van der Waals surface area (Å²) in [5.41, 5.74) is 0.774. The summed E-state index contributed by atoms with van der Waals surface area (Å²) in [4.78, 5) is 13.6. The van der Waals surface area contributed by atoms with Crippen molar-refractivity contribution < 1.29 is 27.4 Å². The number of hydrogen-bond donors (Lipinski definition) is 0. The Kier molecular flexibility index (Phi) is 7.75. The average Bonchev–Trinajstić information content (AvgIpc) is 2.64. The third-order valence-electron chi connectivity index (χ3n) is 3.74. The van der Waals surface area contributed by atoms with Gasteiger partial charge in [-0.25, -0.2) is 4.39 Å². The number of alkyl halides is 2. The fraction of sp³-hybridized carbons (Fsp3) is 0.250. The first-order valence-electron chi connectivity index (χ1n) is 8.39. The van der Waals surface area contributed by atoms with E-state index < -0.39 is 12.4 Å². The maximum absolute atomic E-state index is 13.9. The molecule has 0 radical (unpaired) electrons. The lowest BCUT2D eigenvalue weighted by Crippen LogP contribution is -2.24. The zero-order chi connectivity index (χ0) is 20.7. The zero-order valence-corrected chi connectivity index (χ0v) is 16.1. The molecule has 0 spiro atoms. The lowest BCUT2D eigenvalue weighted by Gasteiger charge is -2.16. The van der Waals surface area contributed by atoms with Crippen molar-refractivity contribution in [3.8, 4) is 11.5 Å². The highest BCUT2D eigenvalue weighted by Gasteiger charge is 2.13. The highest BCUT2D eigenvalue weighted by atomic mass is 35.5. The lowest BCUT2D eigenvalue weighted by atomic mass is 10.1. The first kappa shape index (κ1) is 21.6. The number of amides is 1. The predicted molar refractivity (Wildman–Crippen MR) is 101 cm³/mol. The van der Waals surface area contributed by atoms with E-state index in [2.05, 4.69) is 4.74 Å². The van der Waals surface area contributed by atoms with E-state index in [1.54, 1.807) is 13.0 Å². The van der Waals surface area contributed by atoms with Crippen molar-refractivity contribution in [2.45, 2.75) is 20.1 Å². The quantitative estimate of drug-likeness (QED) is 0.562. The Bertz CT molecular complexity index is 838. The lowest BCUT2D eigenvalue weighted by molar-refractivity contribution is -0.125. The van der Waals surface area contributed by atoms with Crippen molar-refractivity contribution in [1.29, 1.82) is 0 Å². The number of likely N-dealkylation sites (N-methyl/N-ethyl adjacent to an activating group) is 1. The second-order valence-corrected chi connectivity index (χ2v) is 6.15. The van der Waals surface area contributed by atoms with Crippen LogP contribution in [0.2, 0.25) is 5.02 Å². The third kappa shape index (κ3) is 5.92. The van der Waals surface area contributed by atoms with Gasteiger partial charge in [-0.2, -0.15) is 8.78 Å². The summed E-state index contributed by atoms with van der Waals surface area (Å²) >= 11 is 5.97. The maximum atomic E-state index is 13.9. The molecule has 150 valence electrons. The van der Waals surface area contributed by atoms with E-state index in [9.17, 15) is 18.0 Å². The summed E-state index contributed by atoms with van der Waals surface area (Å²) in [5, 5.41) is 0.236. The monoisotopic (exact) mass is 413 g/mol. The first-order valence-corrected chi connectivity index (χ1v) is 8.77. The summed E-state index contributed by atoms with van der Waals surface area (Å²) in [6, 6.07) is 8.64. The number of nitrogens with zero attached hydrogens (tertiary/aromatic N) is 1. The molecule has 0 unspecified atom stereocenters. The Morgan fingerprint density at radius 3 is 2.64 bits per heavy atom. The molecule has 2 rings (SSSR count). The zero-order valence-electron chi connectivity index (χ0n) is 15.3. The first-order chi connectivity index (χ1) is 13.3. The van der Waals surface area contributed by atoms with E-state index in [1.807, 2.05) is 0 Å². The Morgan fingerprint density at radius 2 is 2.00 bits per heavy atom. The predicted octanol–water partition coefficient (Wildman–Crippen LogP) is 5.15. The third-order valence-corrected chi connectivity index (χ3v) is 4.09. The van der Waals surface area contributed by atoms with Crippen LogP contribution >= 0.6 is 11.6 Å². The van der Waals surface area contributed by atoms with Crippen molar-refractivity contribution in [2.24, 2.45) is 0 Å². The van der Waals surface area contributed by atoms with Gasteiger partial charge < -0.3 is 14.4 Å². The minimum absolute atomic E-state index is 0.0000417. The average molecular weight is 414 g/mol. The SMILES string of the molecule is CCOc1cc(/C=C/C(=O)N(C)Cc2c(F)cccc2Cl)ccc1OC(F)F. The summed E-state index contributed by atoms with van der Waals surface area (Å²) in [5.74, 6) is -0.826. The Hall–Kier alpha value is -2.67. The number of halogens is 4. The second kappa shape index (κ2) is 10.0. The number of ether oxygens (including phenoxy) is 2. The van der Waals surface area contributed by atoms with Crippen LogP contribution in [0.4, 0.5) is 13.2 Å². The van der Waals surface area contributed by atoms with E-state index in [4.69, 9.17) is 16.3 Å². The molecule has 2 aromatic rings. The van der Waals surface area contributed by atoms with Gasteiger partial charge in [0.1, 0.15) is 5.82 Å². The Balaban J connectivity index is 2.11. The van der Waals surface area contributed by atoms with Crippen LogP contribution in [-0.4, -0.2) is 31.1 Å². The molecule has 0 aromatic heterocycles. The standard InChI is InChI=1S/C20H19ClF3NO3/c1-3-27-18-11-13(7-9-17(18)28-20(23)24)8-10-19(26)25(2)12-14-15(21)5-4-6-16(14)22/h4-11,20H,3,12H2,1-2H3/b10-8+. The van der Waals surface area contributed by atoms with Gasteiger partial charge in [-0.1, -0.05) is 23.7 Å². The van der Waals surface area contributed by atoms with Gasteiger partial charge in [0.2, 0.25) is 5.91 Å². The molecule has 0 saturated carbocycles. The largest absolute Gasteiger partial charge is 0.490 e. The molecule has 0 heterocycles. The fourth-order valence-electron chi connectivity index (χ4n) is 2.38. The van der Waals surface area contributed by atoms with Gasteiger partial charge >= 0.3 is 6.61 Å². The number of carbonyl (C=O) groups excluding carboxylic acids is 1. The van der Waals surface area contributed by atoms with Crippen molar-refractivity contribution in [3.63, 3.8) is 0 Å². The van der Waals surface area contributed by atoms with E-state index in [1.165, 1.54) is 54.4 Å². The molecule has 8 heteroatoms. The number of rotatable bonds is 8. The van der Waals surface area contributed by atoms with E-state index in [0.717, 1.165) is 0 Å². The normalized spacial score (nSPS) is 11.1. The molecule has 28 heavy (non-hydrogen) atoms. The minimum atomic E-state index is -2.97. The smallest absolute Gasteiger partial charge is 0.387 e. The molecular weight excluding hydrogens is 395 g/mol. The molecule has 0 aliphatic heterocycles. The highest BCUT2D eigenvalue weighted by molar-refractivity contribution is 6.31. The van der Waals surface area contributed by atoms with Crippen LogP contribution in [0.15, 0.2) is 42.5 Å². The molecular formula is C20H19ClF3NO3.